The molecule has 0 amide bonds. The van der Waals surface area contributed by atoms with Crippen LogP contribution in [0.5, 0.6) is 5.75 Å². The minimum absolute atomic E-state index is 0.000783. The van der Waals surface area contributed by atoms with E-state index in [1.54, 1.807) is 4.31 Å². The second-order valence-electron chi connectivity index (χ2n) is 10.2. The maximum absolute atomic E-state index is 13.1. The molecule has 224 valence electrons. The SMILES string of the molecule is CC(=O)Oc1c(C(=O)OCc2ccccc2)sc(-c2cccc(NC3CCN(S(=O)(=O)Cc4ccccc4)CC3)c2)c1Br. The molecule has 1 saturated heterocycles. The van der Waals surface area contributed by atoms with Crippen LogP contribution in [-0.2, 0) is 31.9 Å². The first-order chi connectivity index (χ1) is 20.7. The van der Waals surface area contributed by atoms with Crippen LogP contribution in [0.1, 0.15) is 40.6 Å². The van der Waals surface area contributed by atoms with Gasteiger partial charge in [0.15, 0.2) is 10.6 Å². The molecule has 4 aromatic rings. The van der Waals surface area contributed by atoms with E-state index in [1.165, 1.54) is 18.3 Å². The lowest BCUT2D eigenvalue weighted by atomic mass is 10.1. The molecule has 0 spiro atoms. The Kier molecular flexibility index (Phi) is 9.97. The van der Waals surface area contributed by atoms with Crippen molar-refractivity contribution in [3.8, 4) is 16.2 Å². The summed E-state index contributed by atoms with van der Waals surface area (Å²) in [5.41, 5.74) is 3.31. The zero-order valence-corrected chi connectivity index (χ0v) is 26.7. The van der Waals surface area contributed by atoms with Crippen LogP contribution in [0.3, 0.4) is 0 Å². The number of carbonyl (C=O) groups is 2. The van der Waals surface area contributed by atoms with Crippen LogP contribution in [0.4, 0.5) is 5.69 Å². The van der Waals surface area contributed by atoms with E-state index in [2.05, 4.69) is 21.2 Å². The molecule has 0 aliphatic carbocycles. The number of carbonyl (C=O) groups excluding carboxylic acids is 2. The van der Waals surface area contributed by atoms with Crippen LogP contribution in [0.25, 0.3) is 10.4 Å². The molecule has 0 radical (unpaired) electrons. The standard InChI is InChI=1S/C32H31BrN2O6S2/c1-22(36)41-29-28(33)30(42-31(29)32(37)40-20-23-9-4-2-5-10-23)25-13-8-14-27(19-25)34-26-15-17-35(18-16-26)43(38,39)21-24-11-6-3-7-12-24/h2-14,19,26,34H,15-18,20-21H2,1H3. The van der Waals surface area contributed by atoms with E-state index in [0.717, 1.165) is 22.4 Å². The van der Waals surface area contributed by atoms with Crippen LogP contribution < -0.4 is 10.1 Å². The maximum atomic E-state index is 13.1. The van der Waals surface area contributed by atoms with Gasteiger partial charge in [0.05, 0.1) is 15.1 Å². The molecule has 8 nitrogen and oxygen atoms in total. The second kappa shape index (κ2) is 13.9. The fourth-order valence-electron chi connectivity index (χ4n) is 4.88. The number of piperidine rings is 1. The second-order valence-corrected chi connectivity index (χ2v) is 14.0. The van der Waals surface area contributed by atoms with Crippen molar-refractivity contribution in [1.82, 2.24) is 4.31 Å². The van der Waals surface area contributed by atoms with Gasteiger partial charge in [-0.2, -0.15) is 0 Å². The van der Waals surface area contributed by atoms with Gasteiger partial charge in [-0.05, 0) is 57.6 Å². The zero-order chi connectivity index (χ0) is 30.4. The number of nitrogens with zero attached hydrogens (tertiary/aromatic N) is 1. The van der Waals surface area contributed by atoms with Crippen LogP contribution in [0.2, 0.25) is 0 Å². The monoisotopic (exact) mass is 682 g/mol. The summed E-state index contributed by atoms with van der Waals surface area (Å²) in [5, 5.41) is 3.54. The van der Waals surface area contributed by atoms with Gasteiger partial charge in [0, 0.05) is 31.7 Å². The topological polar surface area (TPSA) is 102 Å². The van der Waals surface area contributed by atoms with Crippen molar-refractivity contribution in [1.29, 1.82) is 0 Å². The Morgan fingerprint density at radius 1 is 0.953 bits per heavy atom. The van der Waals surface area contributed by atoms with Crippen molar-refractivity contribution >= 4 is 54.9 Å². The smallest absolute Gasteiger partial charge is 0.352 e. The Bertz CT molecular complexity index is 1690. The molecule has 0 atom stereocenters. The molecule has 1 aliphatic heterocycles. The maximum Gasteiger partial charge on any atom is 0.352 e. The van der Waals surface area contributed by atoms with Crippen molar-refractivity contribution in [2.75, 3.05) is 18.4 Å². The summed E-state index contributed by atoms with van der Waals surface area (Å²) in [6.07, 6.45) is 1.35. The Balaban J connectivity index is 1.27. The Morgan fingerprint density at radius 3 is 2.26 bits per heavy atom. The summed E-state index contributed by atoms with van der Waals surface area (Å²) < 4.78 is 38.9. The van der Waals surface area contributed by atoms with Gasteiger partial charge in [0.25, 0.3) is 0 Å². The molecule has 43 heavy (non-hydrogen) atoms. The van der Waals surface area contributed by atoms with Crippen molar-refractivity contribution in [2.24, 2.45) is 0 Å². The van der Waals surface area contributed by atoms with E-state index < -0.39 is 22.0 Å². The molecule has 1 N–H and O–H groups in total. The highest BCUT2D eigenvalue weighted by Crippen LogP contribution is 2.46. The molecular weight excluding hydrogens is 652 g/mol. The van der Waals surface area contributed by atoms with Gasteiger partial charge in [-0.15, -0.1) is 11.3 Å². The molecular formula is C32H31BrN2O6S2. The number of hydrogen-bond donors (Lipinski definition) is 1. The number of rotatable bonds is 10. The zero-order valence-electron chi connectivity index (χ0n) is 23.5. The number of sulfonamides is 1. The third kappa shape index (κ3) is 7.91. The summed E-state index contributed by atoms with van der Waals surface area (Å²) in [5.74, 6) is -0.996. The minimum atomic E-state index is -3.39. The number of benzene rings is 3. The van der Waals surface area contributed by atoms with Gasteiger partial charge >= 0.3 is 11.9 Å². The Labute approximate surface area is 263 Å². The molecule has 1 aromatic heterocycles. The summed E-state index contributed by atoms with van der Waals surface area (Å²) in [7, 11) is -3.39. The summed E-state index contributed by atoms with van der Waals surface area (Å²) in [6.45, 7) is 2.27. The summed E-state index contributed by atoms with van der Waals surface area (Å²) >= 11 is 4.73. The van der Waals surface area contributed by atoms with Gasteiger partial charge in [-0.1, -0.05) is 72.8 Å². The average molecular weight is 684 g/mol. The third-order valence-corrected chi connectivity index (χ3v) is 11.1. The molecule has 0 bridgehead atoms. The van der Waals surface area contributed by atoms with E-state index in [-0.39, 0.29) is 29.0 Å². The highest BCUT2D eigenvalue weighted by Gasteiger charge is 2.29. The number of esters is 2. The van der Waals surface area contributed by atoms with Crippen LogP contribution in [0, 0.1) is 0 Å². The Hall–Kier alpha value is -3.51. The first-order valence-electron chi connectivity index (χ1n) is 13.8. The van der Waals surface area contributed by atoms with E-state index in [1.807, 2.05) is 84.9 Å². The molecule has 3 aromatic carbocycles. The fraction of sp³-hybridized carbons (Fsp3) is 0.250. The summed E-state index contributed by atoms with van der Waals surface area (Å²) in [6, 6.07) is 26.4. The van der Waals surface area contributed by atoms with Crippen LogP contribution in [-0.4, -0.2) is 43.8 Å². The van der Waals surface area contributed by atoms with Gasteiger partial charge in [0.2, 0.25) is 10.0 Å². The lowest BCUT2D eigenvalue weighted by molar-refractivity contribution is -0.131. The number of halogens is 1. The molecule has 2 heterocycles. The predicted octanol–water partition coefficient (Wildman–Crippen LogP) is 6.87. The number of anilines is 1. The quantitative estimate of drug-likeness (QED) is 0.182. The lowest BCUT2D eigenvalue weighted by Crippen LogP contribution is -2.42. The van der Waals surface area contributed by atoms with Crippen molar-refractivity contribution in [3.05, 3.63) is 105 Å². The molecule has 1 aliphatic rings. The van der Waals surface area contributed by atoms with Gasteiger partial charge in [-0.25, -0.2) is 17.5 Å². The van der Waals surface area contributed by atoms with E-state index >= 15 is 0 Å². The largest absolute Gasteiger partial charge is 0.457 e. The van der Waals surface area contributed by atoms with Gasteiger partial charge in [0.1, 0.15) is 6.61 Å². The fourth-order valence-corrected chi connectivity index (χ4v) is 8.34. The number of ether oxygens (including phenoxy) is 2. The minimum Gasteiger partial charge on any atom is -0.457 e. The van der Waals surface area contributed by atoms with Gasteiger partial charge in [-0.3, -0.25) is 4.79 Å². The first kappa shape index (κ1) is 30.9. The van der Waals surface area contributed by atoms with Crippen LogP contribution in [0.15, 0.2) is 89.4 Å². The molecule has 0 saturated carbocycles. The van der Waals surface area contributed by atoms with Crippen LogP contribution >= 0.6 is 27.3 Å². The lowest BCUT2D eigenvalue weighted by Gasteiger charge is -2.32. The molecule has 11 heteroatoms. The highest BCUT2D eigenvalue weighted by molar-refractivity contribution is 9.10. The predicted molar refractivity (Wildman–Crippen MR) is 172 cm³/mol. The van der Waals surface area contributed by atoms with Crippen molar-refractivity contribution in [3.63, 3.8) is 0 Å². The third-order valence-electron chi connectivity index (χ3n) is 6.99. The first-order valence-corrected chi connectivity index (χ1v) is 17.0. The van der Waals surface area contributed by atoms with Gasteiger partial charge < -0.3 is 14.8 Å². The average Bonchev–Trinajstić information content (AvgIpc) is 3.32. The number of hydrogen-bond acceptors (Lipinski definition) is 8. The highest BCUT2D eigenvalue weighted by atomic mass is 79.9. The Morgan fingerprint density at radius 2 is 1.60 bits per heavy atom. The van der Waals surface area contributed by atoms with Crippen molar-refractivity contribution in [2.45, 2.75) is 38.2 Å². The van der Waals surface area contributed by atoms with Crippen molar-refractivity contribution < 1.29 is 27.5 Å². The summed E-state index contributed by atoms with van der Waals surface area (Å²) in [4.78, 5) is 25.8. The molecule has 1 fully saturated rings. The molecule has 0 unspecified atom stereocenters. The van der Waals surface area contributed by atoms with E-state index in [4.69, 9.17) is 9.47 Å². The molecule has 5 rings (SSSR count). The number of nitrogens with one attached hydrogen (secondary N) is 1. The normalized spacial score (nSPS) is 14.3. The van der Waals surface area contributed by atoms with E-state index in [0.29, 0.717) is 35.3 Å². The van der Waals surface area contributed by atoms with E-state index in [9.17, 15) is 18.0 Å². The number of thiophene rings is 1.